The van der Waals surface area contributed by atoms with Crippen molar-refractivity contribution < 1.29 is 4.79 Å². The van der Waals surface area contributed by atoms with Gasteiger partial charge >= 0.3 is 0 Å². The second-order valence-corrected chi connectivity index (χ2v) is 2.89. The quantitative estimate of drug-likeness (QED) is 0.692. The normalized spacial score (nSPS) is 9.92. The predicted molar refractivity (Wildman–Crippen MR) is 48.0 cm³/mol. The van der Waals surface area contributed by atoms with Crippen LogP contribution in [0.15, 0.2) is 18.3 Å². The van der Waals surface area contributed by atoms with Gasteiger partial charge in [0.2, 0.25) is 6.41 Å². The summed E-state index contributed by atoms with van der Waals surface area (Å²) in [6, 6.07) is 3.76. The first kappa shape index (κ1) is 8.71. The van der Waals surface area contributed by atoms with E-state index in [4.69, 9.17) is 0 Å². The number of hydrogen-bond donors (Lipinski definition) is 1. The maximum atomic E-state index is 10.0. The van der Waals surface area contributed by atoms with Gasteiger partial charge in [0.25, 0.3) is 0 Å². The number of carbonyl (C=O) groups excluding carboxylic acids is 1. The van der Waals surface area contributed by atoms with Crippen LogP contribution in [0, 0.1) is 0 Å². The summed E-state index contributed by atoms with van der Waals surface area (Å²) >= 11 is 0. The van der Waals surface area contributed by atoms with Crippen LogP contribution in [0.5, 0.6) is 0 Å². The molecule has 64 valence electrons. The molecular weight excluding hydrogens is 152 g/mol. The van der Waals surface area contributed by atoms with E-state index in [1.54, 1.807) is 12.3 Å². The SMILES string of the molecule is CC(C)c1ccc(NC=O)nc1. The fourth-order valence-electron chi connectivity index (χ4n) is 0.893. The molecule has 0 fully saturated rings. The number of carbonyl (C=O) groups is 1. The third kappa shape index (κ3) is 2.05. The van der Waals surface area contributed by atoms with Crippen LogP contribution < -0.4 is 5.32 Å². The van der Waals surface area contributed by atoms with Crippen LogP contribution in [-0.2, 0) is 4.79 Å². The van der Waals surface area contributed by atoms with Crippen molar-refractivity contribution in [3.8, 4) is 0 Å². The minimum atomic E-state index is 0.475. The lowest BCUT2D eigenvalue weighted by Gasteiger charge is -2.04. The minimum absolute atomic E-state index is 0.475. The number of amides is 1. The van der Waals surface area contributed by atoms with Gasteiger partial charge in [-0.2, -0.15) is 0 Å². The van der Waals surface area contributed by atoms with Crippen LogP contribution in [0.2, 0.25) is 0 Å². The predicted octanol–water partition coefficient (Wildman–Crippen LogP) is 1.77. The zero-order chi connectivity index (χ0) is 8.97. The number of hydrogen-bond acceptors (Lipinski definition) is 2. The maximum Gasteiger partial charge on any atom is 0.212 e. The topological polar surface area (TPSA) is 42.0 Å². The number of pyridine rings is 1. The van der Waals surface area contributed by atoms with E-state index in [1.807, 2.05) is 6.07 Å². The Hall–Kier alpha value is -1.38. The Labute approximate surface area is 71.8 Å². The molecule has 0 saturated heterocycles. The molecule has 0 spiro atoms. The van der Waals surface area contributed by atoms with E-state index in [-0.39, 0.29) is 0 Å². The second kappa shape index (κ2) is 3.85. The summed E-state index contributed by atoms with van der Waals surface area (Å²) < 4.78 is 0. The van der Waals surface area contributed by atoms with Crippen LogP contribution in [0.4, 0.5) is 5.82 Å². The van der Waals surface area contributed by atoms with Crippen LogP contribution in [0.1, 0.15) is 25.3 Å². The third-order valence-corrected chi connectivity index (χ3v) is 1.66. The van der Waals surface area contributed by atoms with E-state index < -0.39 is 0 Å². The van der Waals surface area contributed by atoms with E-state index in [2.05, 4.69) is 24.1 Å². The highest BCUT2D eigenvalue weighted by atomic mass is 16.1. The van der Waals surface area contributed by atoms with Crippen molar-refractivity contribution in [1.29, 1.82) is 0 Å². The molecule has 0 aliphatic rings. The van der Waals surface area contributed by atoms with Crippen LogP contribution in [0.3, 0.4) is 0 Å². The molecule has 12 heavy (non-hydrogen) atoms. The largest absolute Gasteiger partial charge is 0.313 e. The van der Waals surface area contributed by atoms with Crippen molar-refractivity contribution in [2.45, 2.75) is 19.8 Å². The van der Waals surface area contributed by atoms with Gasteiger partial charge in [0, 0.05) is 6.20 Å². The number of nitrogens with zero attached hydrogens (tertiary/aromatic N) is 1. The zero-order valence-corrected chi connectivity index (χ0v) is 7.24. The van der Waals surface area contributed by atoms with Crippen molar-refractivity contribution in [2.75, 3.05) is 5.32 Å². The molecule has 1 heterocycles. The molecule has 1 rings (SSSR count). The lowest BCUT2D eigenvalue weighted by atomic mass is 10.1. The monoisotopic (exact) mass is 164 g/mol. The fraction of sp³-hybridized carbons (Fsp3) is 0.333. The highest BCUT2D eigenvalue weighted by molar-refractivity contribution is 5.68. The van der Waals surface area contributed by atoms with Gasteiger partial charge in [-0.15, -0.1) is 0 Å². The number of nitrogens with one attached hydrogen (secondary N) is 1. The number of anilines is 1. The summed E-state index contributed by atoms with van der Waals surface area (Å²) in [6.45, 7) is 4.20. The summed E-state index contributed by atoms with van der Waals surface area (Å²) in [6.07, 6.45) is 2.40. The molecule has 1 N–H and O–H groups in total. The molecule has 0 aliphatic heterocycles. The summed E-state index contributed by atoms with van der Waals surface area (Å²) in [5.74, 6) is 1.07. The summed E-state index contributed by atoms with van der Waals surface area (Å²) in [5.41, 5.74) is 1.17. The molecule has 0 radical (unpaired) electrons. The van der Waals surface area contributed by atoms with Gasteiger partial charge in [0.15, 0.2) is 0 Å². The molecule has 3 heteroatoms. The van der Waals surface area contributed by atoms with Gasteiger partial charge in [0.05, 0.1) is 0 Å². The summed E-state index contributed by atoms with van der Waals surface area (Å²) in [7, 11) is 0. The van der Waals surface area contributed by atoms with Crippen molar-refractivity contribution in [3.05, 3.63) is 23.9 Å². The Morgan fingerprint density at radius 3 is 2.67 bits per heavy atom. The van der Waals surface area contributed by atoms with E-state index in [9.17, 15) is 4.79 Å². The average molecular weight is 164 g/mol. The lowest BCUT2D eigenvalue weighted by molar-refractivity contribution is -0.105. The van der Waals surface area contributed by atoms with E-state index in [0.717, 1.165) is 0 Å². The highest BCUT2D eigenvalue weighted by Crippen LogP contribution is 2.13. The lowest BCUT2D eigenvalue weighted by Crippen LogP contribution is -1.97. The van der Waals surface area contributed by atoms with Gasteiger partial charge in [-0.25, -0.2) is 4.98 Å². The molecule has 0 atom stereocenters. The Morgan fingerprint density at radius 1 is 1.50 bits per heavy atom. The van der Waals surface area contributed by atoms with Gasteiger partial charge < -0.3 is 5.32 Å². The van der Waals surface area contributed by atoms with E-state index >= 15 is 0 Å². The van der Waals surface area contributed by atoms with Gasteiger partial charge in [-0.1, -0.05) is 19.9 Å². The molecule has 3 nitrogen and oxygen atoms in total. The highest BCUT2D eigenvalue weighted by Gasteiger charge is 1.98. The van der Waals surface area contributed by atoms with Crippen molar-refractivity contribution in [2.24, 2.45) is 0 Å². The minimum Gasteiger partial charge on any atom is -0.313 e. The number of rotatable bonds is 3. The first-order chi connectivity index (χ1) is 5.74. The van der Waals surface area contributed by atoms with Crippen LogP contribution in [0.25, 0.3) is 0 Å². The molecule has 1 amide bonds. The molecule has 1 aromatic heterocycles. The summed E-state index contributed by atoms with van der Waals surface area (Å²) in [4.78, 5) is 14.1. The zero-order valence-electron chi connectivity index (χ0n) is 7.24. The van der Waals surface area contributed by atoms with Crippen LogP contribution >= 0.6 is 0 Å². The fourth-order valence-corrected chi connectivity index (χ4v) is 0.893. The smallest absolute Gasteiger partial charge is 0.212 e. The molecule has 0 saturated carbocycles. The van der Waals surface area contributed by atoms with Crippen LogP contribution in [-0.4, -0.2) is 11.4 Å². The second-order valence-electron chi connectivity index (χ2n) is 2.89. The molecular formula is C9H12N2O. The van der Waals surface area contributed by atoms with Gasteiger partial charge in [-0.05, 0) is 17.5 Å². The average Bonchev–Trinajstić information content (AvgIpc) is 2.06. The number of aromatic nitrogens is 1. The van der Waals surface area contributed by atoms with Crippen molar-refractivity contribution >= 4 is 12.2 Å². The standard InChI is InChI=1S/C9H12N2O/c1-7(2)8-3-4-9(10-5-8)11-6-12/h3-7H,1-2H3,(H,10,11,12). The van der Waals surface area contributed by atoms with Crippen molar-refractivity contribution in [3.63, 3.8) is 0 Å². The molecule has 0 aromatic carbocycles. The molecule has 0 bridgehead atoms. The van der Waals surface area contributed by atoms with Gasteiger partial charge in [0.1, 0.15) is 5.82 Å². The summed E-state index contributed by atoms with van der Waals surface area (Å²) in [5, 5.41) is 2.48. The Morgan fingerprint density at radius 2 is 2.25 bits per heavy atom. The Kier molecular flexibility index (Phi) is 2.80. The molecule has 1 aromatic rings. The first-order valence-corrected chi connectivity index (χ1v) is 3.90. The van der Waals surface area contributed by atoms with Crippen molar-refractivity contribution in [1.82, 2.24) is 4.98 Å². The maximum absolute atomic E-state index is 10.0. The Bertz CT molecular complexity index is 254. The first-order valence-electron chi connectivity index (χ1n) is 3.90. The third-order valence-electron chi connectivity index (χ3n) is 1.66. The van der Waals surface area contributed by atoms with E-state index in [1.165, 1.54) is 5.56 Å². The molecule has 0 aliphatic carbocycles. The molecule has 0 unspecified atom stereocenters. The Balaban J connectivity index is 2.78. The van der Waals surface area contributed by atoms with E-state index in [0.29, 0.717) is 18.1 Å². The van der Waals surface area contributed by atoms with Gasteiger partial charge in [-0.3, -0.25) is 4.79 Å².